The first-order valence-corrected chi connectivity index (χ1v) is 5.22. The lowest BCUT2D eigenvalue weighted by molar-refractivity contribution is -0.116. The quantitative estimate of drug-likeness (QED) is 0.807. The maximum Gasteiger partial charge on any atom is 0.223 e. The zero-order chi connectivity index (χ0) is 12.4. The topological polar surface area (TPSA) is 63.9 Å². The summed E-state index contributed by atoms with van der Waals surface area (Å²) in [4.78, 5) is 20.4. The van der Waals surface area contributed by atoms with E-state index in [-0.39, 0.29) is 11.1 Å². The third-order valence-electron chi connectivity index (χ3n) is 2.30. The molecule has 2 rings (SSSR count). The Morgan fingerprint density at radius 1 is 1.41 bits per heavy atom. The molecule has 0 bridgehead atoms. The smallest absolute Gasteiger partial charge is 0.223 e. The molecular weight excluding hydrogens is 242 g/mol. The van der Waals surface area contributed by atoms with E-state index in [1.54, 1.807) is 25.6 Å². The van der Waals surface area contributed by atoms with Gasteiger partial charge in [-0.15, -0.1) is 0 Å². The molecular formula is C10H10ClN5O. The molecule has 0 unspecified atom stereocenters. The van der Waals surface area contributed by atoms with E-state index in [1.807, 2.05) is 0 Å². The van der Waals surface area contributed by atoms with Crippen LogP contribution in [0.15, 0.2) is 24.9 Å². The third-order valence-corrected chi connectivity index (χ3v) is 2.57. The predicted octanol–water partition coefficient (Wildman–Crippen LogP) is 1.30. The van der Waals surface area contributed by atoms with Crippen LogP contribution >= 0.6 is 11.6 Å². The second-order valence-electron chi connectivity index (χ2n) is 3.42. The lowest BCUT2D eigenvalue weighted by Gasteiger charge is -2.11. The van der Waals surface area contributed by atoms with Gasteiger partial charge in [0.15, 0.2) is 5.15 Å². The summed E-state index contributed by atoms with van der Waals surface area (Å²) in [7, 11) is 1.64. The maximum atomic E-state index is 11.2. The van der Waals surface area contributed by atoms with E-state index in [9.17, 15) is 4.79 Å². The van der Waals surface area contributed by atoms with E-state index in [0.29, 0.717) is 11.4 Å². The Balaban J connectivity index is 2.41. The highest BCUT2D eigenvalue weighted by atomic mass is 35.5. The van der Waals surface area contributed by atoms with Crippen molar-refractivity contribution in [2.75, 3.05) is 11.9 Å². The molecule has 2 aromatic heterocycles. The average Bonchev–Trinajstić information content (AvgIpc) is 2.71. The second kappa shape index (κ2) is 4.50. The zero-order valence-corrected chi connectivity index (χ0v) is 10.1. The minimum absolute atomic E-state index is 0.115. The molecule has 0 aromatic carbocycles. The summed E-state index contributed by atoms with van der Waals surface area (Å²) in [6.07, 6.45) is 6.29. The third kappa shape index (κ3) is 2.26. The number of amides is 1. The van der Waals surface area contributed by atoms with Crippen LogP contribution in [0.5, 0.6) is 0 Å². The number of aromatic nitrogens is 4. The fraction of sp³-hybridized carbons (Fsp3) is 0.200. The van der Waals surface area contributed by atoms with Gasteiger partial charge in [0.2, 0.25) is 5.91 Å². The molecule has 88 valence electrons. The summed E-state index contributed by atoms with van der Waals surface area (Å²) in [5.41, 5.74) is 1.22. The van der Waals surface area contributed by atoms with Crippen LogP contribution in [-0.2, 0) is 4.79 Å². The molecule has 0 saturated heterocycles. The molecule has 2 aromatic rings. The predicted molar refractivity (Wildman–Crippen MR) is 63.2 cm³/mol. The van der Waals surface area contributed by atoms with Crippen LogP contribution in [0.4, 0.5) is 5.69 Å². The molecule has 6 nitrogen and oxygen atoms in total. The van der Waals surface area contributed by atoms with Crippen molar-refractivity contribution < 1.29 is 4.79 Å². The molecule has 0 spiro atoms. The molecule has 0 aliphatic carbocycles. The molecule has 0 radical (unpaired) electrons. The van der Waals surface area contributed by atoms with Gasteiger partial charge in [-0.05, 0) is 0 Å². The number of rotatable bonds is 2. The largest absolute Gasteiger partial charge is 0.312 e. The minimum Gasteiger partial charge on any atom is -0.312 e. The Morgan fingerprint density at radius 2 is 2.06 bits per heavy atom. The Kier molecular flexibility index (Phi) is 3.06. The van der Waals surface area contributed by atoms with Crippen LogP contribution in [0.25, 0.3) is 5.69 Å². The van der Waals surface area contributed by atoms with Gasteiger partial charge in [-0.25, -0.2) is 14.6 Å². The molecule has 2 heterocycles. The Hall–Kier alpha value is -1.95. The van der Waals surface area contributed by atoms with Crippen molar-refractivity contribution in [1.29, 1.82) is 0 Å². The Bertz CT molecular complexity index is 539. The molecule has 0 N–H and O–H groups in total. The molecule has 0 aliphatic rings. The van der Waals surface area contributed by atoms with Crippen LogP contribution in [0, 0.1) is 0 Å². The lowest BCUT2D eigenvalue weighted by atomic mass is 10.4. The van der Waals surface area contributed by atoms with Crippen LogP contribution in [0.1, 0.15) is 6.92 Å². The van der Waals surface area contributed by atoms with E-state index in [0.717, 1.165) is 0 Å². The normalized spacial score (nSPS) is 10.3. The molecule has 17 heavy (non-hydrogen) atoms. The average molecular weight is 252 g/mol. The van der Waals surface area contributed by atoms with Gasteiger partial charge in [0, 0.05) is 14.0 Å². The van der Waals surface area contributed by atoms with Crippen LogP contribution in [0.2, 0.25) is 5.15 Å². The summed E-state index contributed by atoms with van der Waals surface area (Å²) < 4.78 is 1.52. The van der Waals surface area contributed by atoms with Crippen LogP contribution < -0.4 is 4.90 Å². The van der Waals surface area contributed by atoms with Gasteiger partial charge in [0.25, 0.3) is 0 Å². The van der Waals surface area contributed by atoms with Crippen molar-refractivity contribution in [3.8, 4) is 5.69 Å². The van der Waals surface area contributed by atoms with Crippen LogP contribution in [-0.4, -0.2) is 32.7 Å². The number of hydrogen-bond donors (Lipinski definition) is 0. The molecule has 7 heteroatoms. The fourth-order valence-electron chi connectivity index (χ4n) is 1.28. The first-order valence-electron chi connectivity index (χ1n) is 4.84. The van der Waals surface area contributed by atoms with E-state index in [4.69, 9.17) is 11.6 Å². The van der Waals surface area contributed by atoms with E-state index < -0.39 is 0 Å². The molecule has 0 saturated carbocycles. The van der Waals surface area contributed by atoms with Gasteiger partial charge in [-0.1, -0.05) is 11.6 Å². The van der Waals surface area contributed by atoms with E-state index in [1.165, 1.54) is 22.8 Å². The van der Waals surface area contributed by atoms with Crippen molar-refractivity contribution in [2.24, 2.45) is 0 Å². The number of hydrogen-bond acceptors (Lipinski definition) is 4. The highest BCUT2D eigenvalue weighted by molar-refractivity contribution is 6.32. The standard InChI is InChI=1S/C10H10ClN5O/c1-7(17)15(2)9-5-16(14-10(9)11)8-3-12-6-13-4-8/h3-6H,1-2H3. The first-order chi connectivity index (χ1) is 8.09. The molecule has 0 aliphatic heterocycles. The van der Waals surface area contributed by atoms with Gasteiger partial charge in [-0.2, -0.15) is 5.10 Å². The summed E-state index contributed by atoms with van der Waals surface area (Å²) >= 11 is 5.97. The number of nitrogens with zero attached hydrogens (tertiary/aromatic N) is 5. The summed E-state index contributed by atoms with van der Waals surface area (Å²) in [6.45, 7) is 1.46. The first kappa shape index (κ1) is 11.5. The SMILES string of the molecule is CC(=O)N(C)c1cn(-c2cncnc2)nc1Cl. The summed E-state index contributed by atoms with van der Waals surface area (Å²) in [5.74, 6) is -0.115. The highest BCUT2D eigenvalue weighted by Crippen LogP contribution is 2.24. The fourth-order valence-corrected chi connectivity index (χ4v) is 1.54. The summed E-state index contributed by atoms with van der Waals surface area (Å²) in [6, 6.07) is 0. The number of halogens is 1. The van der Waals surface area contributed by atoms with Gasteiger partial charge in [0.05, 0.1) is 18.6 Å². The summed E-state index contributed by atoms with van der Waals surface area (Å²) in [5, 5.41) is 4.35. The van der Waals surface area contributed by atoms with Gasteiger partial charge < -0.3 is 4.90 Å². The van der Waals surface area contributed by atoms with Gasteiger partial charge >= 0.3 is 0 Å². The number of carbonyl (C=O) groups excluding carboxylic acids is 1. The van der Waals surface area contributed by atoms with Crippen molar-refractivity contribution in [1.82, 2.24) is 19.7 Å². The highest BCUT2D eigenvalue weighted by Gasteiger charge is 2.14. The minimum atomic E-state index is -0.115. The zero-order valence-electron chi connectivity index (χ0n) is 9.33. The number of anilines is 1. The van der Waals surface area contributed by atoms with Gasteiger partial charge in [0.1, 0.15) is 17.7 Å². The van der Waals surface area contributed by atoms with E-state index in [2.05, 4.69) is 15.1 Å². The Morgan fingerprint density at radius 3 is 2.65 bits per heavy atom. The second-order valence-corrected chi connectivity index (χ2v) is 3.78. The van der Waals surface area contributed by atoms with Crippen molar-refractivity contribution in [3.05, 3.63) is 30.1 Å². The van der Waals surface area contributed by atoms with Crippen LogP contribution in [0.3, 0.4) is 0 Å². The van der Waals surface area contributed by atoms with Gasteiger partial charge in [-0.3, -0.25) is 4.79 Å². The van der Waals surface area contributed by atoms with Crippen molar-refractivity contribution >= 4 is 23.2 Å². The van der Waals surface area contributed by atoms with Crippen molar-refractivity contribution in [2.45, 2.75) is 6.92 Å². The monoisotopic (exact) mass is 251 g/mol. The molecule has 0 atom stereocenters. The lowest BCUT2D eigenvalue weighted by Crippen LogP contribution is -2.22. The molecule has 0 fully saturated rings. The van der Waals surface area contributed by atoms with Crippen molar-refractivity contribution in [3.63, 3.8) is 0 Å². The number of carbonyl (C=O) groups is 1. The maximum absolute atomic E-state index is 11.2. The van der Waals surface area contributed by atoms with E-state index >= 15 is 0 Å². The Labute approximate surface area is 103 Å². The molecule has 1 amide bonds.